The van der Waals surface area contributed by atoms with Crippen LogP contribution in [0, 0.1) is 6.92 Å². The van der Waals surface area contributed by atoms with Gasteiger partial charge in [-0.3, -0.25) is 14.4 Å². The number of nitrogens with one attached hydrogen (secondary N) is 2. The Kier molecular flexibility index (Phi) is 6.60. The highest BCUT2D eigenvalue weighted by Crippen LogP contribution is 2.16. The van der Waals surface area contributed by atoms with Gasteiger partial charge in [-0.15, -0.1) is 0 Å². The van der Waals surface area contributed by atoms with Crippen LogP contribution in [-0.2, 0) is 11.3 Å². The molecule has 2 amide bonds. The topological polar surface area (TPSA) is 84.5 Å². The largest absolute Gasteiger partial charge is 0.427 e. The van der Waals surface area contributed by atoms with Crippen LogP contribution >= 0.6 is 0 Å². The van der Waals surface area contributed by atoms with Crippen molar-refractivity contribution in [2.24, 2.45) is 0 Å². The maximum absolute atomic E-state index is 12.4. The van der Waals surface area contributed by atoms with Crippen LogP contribution in [0.25, 0.3) is 0 Å². The summed E-state index contributed by atoms with van der Waals surface area (Å²) < 4.78 is 5.00. The Balaban J connectivity index is 1.57. The fourth-order valence-corrected chi connectivity index (χ4v) is 2.85. The van der Waals surface area contributed by atoms with E-state index in [1.807, 2.05) is 37.3 Å². The van der Waals surface area contributed by atoms with Gasteiger partial charge in [-0.05, 0) is 55.0 Å². The molecular weight excluding hydrogens is 380 g/mol. The quantitative estimate of drug-likeness (QED) is 0.480. The summed E-state index contributed by atoms with van der Waals surface area (Å²) in [6.07, 6.45) is 0. The minimum Gasteiger partial charge on any atom is -0.427 e. The van der Waals surface area contributed by atoms with Crippen LogP contribution in [-0.4, -0.2) is 17.8 Å². The number of hydrogen-bond acceptors (Lipinski definition) is 4. The Labute approximate surface area is 174 Å². The van der Waals surface area contributed by atoms with Crippen molar-refractivity contribution in [2.75, 3.05) is 5.32 Å². The molecule has 30 heavy (non-hydrogen) atoms. The number of carbonyl (C=O) groups excluding carboxylic acids is 3. The van der Waals surface area contributed by atoms with Crippen LogP contribution in [0.1, 0.15) is 38.8 Å². The van der Waals surface area contributed by atoms with Crippen molar-refractivity contribution in [1.29, 1.82) is 0 Å². The van der Waals surface area contributed by atoms with E-state index in [1.165, 1.54) is 13.0 Å². The van der Waals surface area contributed by atoms with Gasteiger partial charge in [0.1, 0.15) is 5.75 Å². The zero-order valence-corrected chi connectivity index (χ0v) is 16.8. The summed E-state index contributed by atoms with van der Waals surface area (Å²) in [5.74, 6) is -0.583. The van der Waals surface area contributed by atoms with E-state index in [9.17, 15) is 14.4 Å². The molecule has 0 aliphatic heterocycles. The van der Waals surface area contributed by atoms with Gasteiger partial charge in [-0.25, -0.2) is 0 Å². The molecule has 0 saturated carbocycles. The van der Waals surface area contributed by atoms with E-state index in [0.29, 0.717) is 29.1 Å². The molecule has 0 unspecified atom stereocenters. The molecule has 6 heteroatoms. The Bertz CT molecular complexity index is 1070. The minimum absolute atomic E-state index is 0.135. The Hall–Kier alpha value is -3.93. The lowest BCUT2D eigenvalue weighted by molar-refractivity contribution is -0.131. The van der Waals surface area contributed by atoms with Crippen LogP contribution in [0.15, 0.2) is 72.8 Å². The number of rotatable bonds is 6. The summed E-state index contributed by atoms with van der Waals surface area (Å²) in [7, 11) is 0. The molecule has 3 aromatic rings. The van der Waals surface area contributed by atoms with Crippen molar-refractivity contribution in [1.82, 2.24) is 5.32 Å². The van der Waals surface area contributed by atoms with Gasteiger partial charge in [0, 0.05) is 30.3 Å². The van der Waals surface area contributed by atoms with Crippen LogP contribution in [0.3, 0.4) is 0 Å². The van der Waals surface area contributed by atoms with Crippen molar-refractivity contribution in [2.45, 2.75) is 20.4 Å². The number of benzene rings is 3. The normalized spacial score (nSPS) is 10.2. The van der Waals surface area contributed by atoms with Gasteiger partial charge in [0.25, 0.3) is 11.8 Å². The first-order valence-corrected chi connectivity index (χ1v) is 9.44. The highest BCUT2D eigenvalue weighted by atomic mass is 16.5. The van der Waals surface area contributed by atoms with Gasteiger partial charge < -0.3 is 15.4 Å². The first kappa shape index (κ1) is 20.8. The van der Waals surface area contributed by atoms with E-state index in [4.69, 9.17) is 4.74 Å². The van der Waals surface area contributed by atoms with Gasteiger partial charge >= 0.3 is 5.97 Å². The molecule has 3 rings (SSSR count). The number of aryl methyl sites for hydroxylation is 1. The van der Waals surface area contributed by atoms with Crippen LogP contribution in [0.5, 0.6) is 5.75 Å². The molecule has 0 spiro atoms. The SMILES string of the molecule is CC(=O)Oc1cccc(C(=O)Nc2ccc(CNC(=O)c3cccc(C)c3)cc2)c1. The molecule has 0 saturated heterocycles. The third-order valence-corrected chi connectivity index (χ3v) is 4.30. The van der Waals surface area contributed by atoms with Crippen molar-refractivity contribution >= 4 is 23.5 Å². The van der Waals surface area contributed by atoms with Gasteiger partial charge in [0.05, 0.1) is 0 Å². The number of ether oxygens (including phenoxy) is 1. The highest BCUT2D eigenvalue weighted by molar-refractivity contribution is 6.04. The second-order valence-corrected chi connectivity index (χ2v) is 6.82. The van der Waals surface area contributed by atoms with Crippen LogP contribution in [0.2, 0.25) is 0 Å². The maximum atomic E-state index is 12.4. The molecule has 6 nitrogen and oxygen atoms in total. The van der Waals surface area contributed by atoms with Crippen LogP contribution < -0.4 is 15.4 Å². The first-order valence-electron chi connectivity index (χ1n) is 9.44. The molecule has 0 aliphatic carbocycles. The summed E-state index contributed by atoms with van der Waals surface area (Å²) in [4.78, 5) is 35.7. The molecule has 0 bridgehead atoms. The Morgan fingerprint density at radius 3 is 2.17 bits per heavy atom. The van der Waals surface area contributed by atoms with Crippen molar-refractivity contribution < 1.29 is 19.1 Å². The Morgan fingerprint density at radius 2 is 1.50 bits per heavy atom. The molecule has 0 aromatic heterocycles. The average molecular weight is 402 g/mol. The molecule has 0 fully saturated rings. The lowest BCUT2D eigenvalue weighted by Gasteiger charge is -2.09. The monoisotopic (exact) mass is 402 g/mol. The van der Waals surface area contributed by atoms with Gasteiger partial charge in [-0.2, -0.15) is 0 Å². The third-order valence-electron chi connectivity index (χ3n) is 4.30. The molecule has 0 heterocycles. The standard InChI is InChI=1S/C24H22N2O4/c1-16-5-3-6-19(13-16)23(28)25-15-18-9-11-21(12-10-18)26-24(29)20-7-4-8-22(14-20)30-17(2)27/h3-14H,15H2,1-2H3,(H,25,28)(H,26,29). The van der Waals surface area contributed by atoms with Crippen molar-refractivity contribution in [3.8, 4) is 5.75 Å². The molecule has 152 valence electrons. The van der Waals surface area contributed by atoms with Gasteiger partial charge in [0.15, 0.2) is 0 Å². The minimum atomic E-state index is -0.447. The molecular formula is C24H22N2O4. The fraction of sp³-hybridized carbons (Fsp3) is 0.125. The van der Waals surface area contributed by atoms with Crippen molar-refractivity contribution in [3.63, 3.8) is 0 Å². The van der Waals surface area contributed by atoms with E-state index in [1.54, 1.807) is 36.4 Å². The maximum Gasteiger partial charge on any atom is 0.308 e. The number of anilines is 1. The third kappa shape index (κ3) is 5.78. The van der Waals surface area contributed by atoms with Crippen LogP contribution in [0.4, 0.5) is 5.69 Å². The Morgan fingerprint density at radius 1 is 0.833 bits per heavy atom. The van der Waals surface area contributed by atoms with E-state index in [-0.39, 0.29) is 11.8 Å². The molecule has 0 radical (unpaired) electrons. The molecule has 0 aliphatic rings. The predicted octanol–water partition coefficient (Wildman–Crippen LogP) is 4.10. The molecule has 0 atom stereocenters. The van der Waals surface area contributed by atoms with Crippen molar-refractivity contribution in [3.05, 3.63) is 95.1 Å². The summed E-state index contributed by atoms with van der Waals surface area (Å²) in [6.45, 7) is 3.62. The predicted molar refractivity (Wildman–Crippen MR) is 114 cm³/mol. The molecule has 2 N–H and O–H groups in total. The number of amides is 2. The van der Waals surface area contributed by atoms with E-state index >= 15 is 0 Å². The number of esters is 1. The highest BCUT2D eigenvalue weighted by Gasteiger charge is 2.09. The summed E-state index contributed by atoms with van der Waals surface area (Å²) in [6, 6.07) is 21.0. The van der Waals surface area contributed by atoms with E-state index in [0.717, 1.165) is 11.1 Å². The summed E-state index contributed by atoms with van der Waals surface area (Å²) in [5, 5.41) is 5.68. The second kappa shape index (κ2) is 9.52. The van der Waals surface area contributed by atoms with Gasteiger partial charge in [-0.1, -0.05) is 35.9 Å². The fourth-order valence-electron chi connectivity index (χ4n) is 2.85. The lowest BCUT2D eigenvalue weighted by Crippen LogP contribution is -2.22. The van der Waals surface area contributed by atoms with E-state index in [2.05, 4.69) is 10.6 Å². The number of hydrogen-bond donors (Lipinski definition) is 2. The second-order valence-electron chi connectivity index (χ2n) is 6.82. The summed E-state index contributed by atoms with van der Waals surface area (Å²) >= 11 is 0. The molecule has 3 aromatic carbocycles. The first-order chi connectivity index (χ1) is 14.4. The van der Waals surface area contributed by atoms with Gasteiger partial charge in [0.2, 0.25) is 0 Å². The average Bonchev–Trinajstić information content (AvgIpc) is 2.72. The lowest BCUT2D eigenvalue weighted by atomic mass is 10.1. The zero-order chi connectivity index (χ0) is 21.5. The van der Waals surface area contributed by atoms with E-state index < -0.39 is 5.97 Å². The smallest absolute Gasteiger partial charge is 0.308 e. The number of carbonyl (C=O) groups is 3. The zero-order valence-electron chi connectivity index (χ0n) is 16.8. The summed E-state index contributed by atoms with van der Waals surface area (Å²) in [5.41, 5.74) is 3.55.